The largest absolute Gasteiger partial charge is 0.481 e. The maximum atomic E-state index is 10.4. The molecule has 0 spiro atoms. The first kappa shape index (κ1) is 13.4. The van der Waals surface area contributed by atoms with Crippen LogP contribution in [0.5, 0.6) is 0 Å². The van der Waals surface area contributed by atoms with E-state index in [0.29, 0.717) is 0 Å². The molecule has 0 saturated heterocycles. The highest BCUT2D eigenvalue weighted by molar-refractivity contribution is 5.86. The molecule has 0 aromatic heterocycles. The van der Waals surface area contributed by atoms with Crippen LogP contribution in [0.3, 0.4) is 0 Å². The summed E-state index contributed by atoms with van der Waals surface area (Å²) in [6.45, 7) is 2.28. The van der Waals surface area contributed by atoms with Crippen molar-refractivity contribution in [1.82, 2.24) is 0 Å². The van der Waals surface area contributed by atoms with Crippen LogP contribution >= 0.6 is 0 Å². The number of nitrogens with one attached hydrogen (secondary N) is 1. The summed E-state index contributed by atoms with van der Waals surface area (Å²) in [4.78, 5) is 10.4. The fourth-order valence-corrected chi connectivity index (χ4v) is 1.98. The zero-order chi connectivity index (χ0) is 13.8. The fourth-order valence-electron chi connectivity index (χ4n) is 1.98. The van der Waals surface area contributed by atoms with Gasteiger partial charge in [-0.05, 0) is 29.8 Å². The van der Waals surface area contributed by atoms with Gasteiger partial charge in [0.1, 0.15) is 0 Å². The Morgan fingerprint density at radius 1 is 1.21 bits per heavy atom. The number of fused-ring (bicyclic) bond motifs is 1. The predicted molar refractivity (Wildman–Crippen MR) is 75.4 cm³/mol. The predicted octanol–water partition coefficient (Wildman–Crippen LogP) is 2.40. The van der Waals surface area contributed by atoms with Gasteiger partial charge in [-0.3, -0.25) is 4.79 Å². The molecule has 1 atom stereocenters. The molecule has 2 aromatic carbocycles. The molecule has 0 bridgehead atoms. The van der Waals surface area contributed by atoms with Gasteiger partial charge in [0.05, 0.1) is 12.5 Å². The SMILES string of the molecule is Cc1ccc2cc(NCC(O)CC(=O)O)ccc2c1. The van der Waals surface area contributed by atoms with Gasteiger partial charge in [-0.25, -0.2) is 0 Å². The van der Waals surface area contributed by atoms with Crippen LogP contribution < -0.4 is 5.32 Å². The first-order valence-corrected chi connectivity index (χ1v) is 6.19. The molecule has 0 aliphatic rings. The van der Waals surface area contributed by atoms with E-state index in [1.807, 2.05) is 37.3 Å². The van der Waals surface area contributed by atoms with E-state index >= 15 is 0 Å². The minimum Gasteiger partial charge on any atom is -0.481 e. The standard InChI is InChI=1S/C15H17NO3/c1-10-2-3-12-7-13(5-4-11(12)6-10)16-9-14(17)8-15(18)19/h2-7,14,16-17H,8-9H2,1H3,(H,18,19). The van der Waals surface area contributed by atoms with Gasteiger partial charge in [0, 0.05) is 12.2 Å². The second-order valence-corrected chi connectivity index (χ2v) is 4.70. The average Bonchev–Trinajstić information content (AvgIpc) is 2.35. The summed E-state index contributed by atoms with van der Waals surface area (Å²) in [5.41, 5.74) is 2.09. The van der Waals surface area contributed by atoms with Gasteiger partial charge in [-0.2, -0.15) is 0 Å². The second-order valence-electron chi connectivity index (χ2n) is 4.70. The number of hydrogen-bond donors (Lipinski definition) is 3. The van der Waals surface area contributed by atoms with Gasteiger partial charge in [0.2, 0.25) is 0 Å². The van der Waals surface area contributed by atoms with Crippen molar-refractivity contribution < 1.29 is 15.0 Å². The molecule has 1 unspecified atom stereocenters. The second kappa shape index (κ2) is 5.71. The molecule has 0 aliphatic heterocycles. The van der Waals surface area contributed by atoms with E-state index in [2.05, 4.69) is 11.4 Å². The minimum atomic E-state index is -0.997. The maximum absolute atomic E-state index is 10.4. The van der Waals surface area contributed by atoms with Crippen molar-refractivity contribution in [3.8, 4) is 0 Å². The normalized spacial score (nSPS) is 12.3. The number of carboxylic acids is 1. The van der Waals surface area contributed by atoms with E-state index in [4.69, 9.17) is 5.11 Å². The number of carboxylic acid groups (broad SMARTS) is 1. The number of carbonyl (C=O) groups is 1. The highest BCUT2D eigenvalue weighted by Gasteiger charge is 2.08. The third-order valence-corrected chi connectivity index (χ3v) is 2.95. The number of hydrogen-bond acceptors (Lipinski definition) is 3. The molecule has 0 amide bonds. The van der Waals surface area contributed by atoms with Crippen LogP contribution in [-0.4, -0.2) is 28.8 Å². The van der Waals surface area contributed by atoms with Crippen LogP contribution in [0.1, 0.15) is 12.0 Å². The number of aryl methyl sites for hydroxylation is 1. The van der Waals surface area contributed by atoms with E-state index in [0.717, 1.165) is 16.5 Å². The molecule has 0 heterocycles. The molecule has 3 N–H and O–H groups in total. The first-order chi connectivity index (χ1) is 9.04. The van der Waals surface area contributed by atoms with Gasteiger partial charge in [-0.15, -0.1) is 0 Å². The monoisotopic (exact) mass is 259 g/mol. The van der Waals surface area contributed by atoms with Crippen molar-refractivity contribution in [3.05, 3.63) is 42.0 Å². The third kappa shape index (κ3) is 3.69. The Morgan fingerprint density at radius 2 is 1.89 bits per heavy atom. The Labute approximate surface area is 111 Å². The number of aliphatic carboxylic acids is 1. The van der Waals surface area contributed by atoms with E-state index in [-0.39, 0.29) is 13.0 Å². The van der Waals surface area contributed by atoms with Crippen LogP contribution in [0.15, 0.2) is 36.4 Å². The van der Waals surface area contributed by atoms with Gasteiger partial charge >= 0.3 is 5.97 Å². The summed E-state index contributed by atoms with van der Waals surface area (Å²) in [5, 5.41) is 23.4. The summed E-state index contributed by atoms with van der Waals surface area (Å²) in [5.74, 6) is -0.997. The molecule has 2 rings (SSSR count). The quantitative estimate of drug-likeness (QED) is 0.771. The van der Waals surface area contributed by atoms with Gasteiger partial charge in [-0.1, -0.05) is 29.8 Å². The lowest BCUT2D eigenvalue weighted by Gasteiger charge is -2.11. The molecule has 2 aromatic rings. The van der Waals surface area contributed by atoms with Gasteiger partial charge < -0.3 is 15.5 Å². The molecule has 0 radical (unpaired) electrons. The Kier molecular flexibility index (Phi) is 4.02. The average molecular weight is 259 g/mol. The molecule has 4 heteroatoms. The highest BCUT2D eigenvalue weighted by Crippen LogP contribution is 2.20. The van der Waals surface area contributed by atoms with Crippen LogP contribution in [0.25, 0.3) is 10.8 Å². The number of rotatable bonds is 5. The lowest BCUT2D eigenvalue weighted by atomic mass is 10.1. The third-order valence-electron chi connectivity index (χ3n) is 2.95. The highest BCUT2D eigenvalue weighted by atomic mass is 16.4. The summed E-state index contributed by atoms with van der Waals surface area (Å²) in [6.07, 6.45) is -1.13. The summed E-state index contributed by atoms with van der Waals surface area (Å²) in [7, 11) is 0. The smallest absolute Gasteiger partial charge is 0.306 e. The van der Waals surface area contributed by atoms with Crippen LogP contribution in [0.2, 0.25) is 0 Å². The molecule has 0 aliphatic carbocycles. The molecule has 4 nitrogen and oxygen atoms in total. The summed E-state index contributed by atoms with van der Waals surface area (Å²) < 4.78 is 0. The Balaban J connectivity index is 2.05. The molecule has 0 fully saturated rings. The molecule has 0 saturated carbocycles. The van der Waals surface area contributed by atoms with Crippen LogP contribution in [-0.2, 0) is 4.79 Å². The van der Waals surface area contributed by atoms with E-state index in [1.165, 1.54) is 5.56 Å². The molecule has 19 heavy (non-hydrogen) atoms. The van der Waals surface area contributed by atoms with Crippen LogP contribution in [0.4, 0.5) is 5.69 Å². The van der Waals surface area contributed by atoms with Crippen molar-refractivity contribution in [1.29, 1.82) is 0 Å². The van der Waals surface area contributed by atoms with E-state index in [1.54, 1.807) is 0 Å². The Hall–Kier alpha value is -2.07. The number of aliphatic hydroxyl groups excluding tert-OH is 1. The fraction of sp³-hybridized carbons (Fsp3) is 0.267. The Morgan fingerprint density at radius 3 is 2.63 bits per heavy atom. The number of anilines is 1. The first-order valence-electron chi connectivity index (χ1n) is 6.19. The van der Waals surface area contributed by atoms with Crippen LogP contribution in [0, 0.1) is 6.92 Å². The lowest BCUT2D eigenvalue weighted by molar-refractivity contribution is -0.138. The van der Waals surface area contributed by atoms with Crippen molar-refractivity contribution >= 4 is 22.4 Å². The summed E-state index contributed by atoms with van der Waals surface area (Å²) in [6, 6.07) is 12.1. The van der Waals surface area contributed by atoms with E-state index in [9.17, 15) is 9.90 Å². The Bertz CT molecular complexity index is 595. The minimum absolute atomic E-state index is 0.226. The van der Waals surface area contributed by atoms with E-state index < -0.39 is 12.1 Å². The summed E-state index contributed by atoms with van der Waals surface area (Å²) >= 11 is 0. The number of aliphatic hydroxyl groups is 1. The lowest BCUT2D eigenvalue weighted by Crippen LogP contribution is -2.22. The van der Waals surface area contributed by atoms with Crippen molar-refractivity contribution in [3.63, 3.8) is 0 Å². The van der Waals surface area contributed by atoms with Crippen molar-refractivity contribution in [2.45, 2.75) is 19.4 Å². The maximum Gasteiger partial charge on any atom is 0.306 e. The zero-order valence-corrected chi connectivity index (χ0v) is 10.8. The van der Waals surface area contributed by atoms with Crippen molar-refractivity contribution in [2.24, 2.45) is 0 Å². The number of benzene rings is 2. The van der Waals surface area contributed by atoms with Gasteiger partial charge in [0.25, 0.3) is 0 Å². The zero-order valence-electron chi connectivity index (χ0n) is 10.8. The topological polar surface area (TPSA) is 69.6 Å². The van der Waals surface area contributed by atoms with Crippen molar-refractivity contribution in [2.75, 3.05) is 11.9 Å². The molecular formula is C15H17NO3. The molecular weight excluding hydrogens is 242 g/mol. The van der Waals surface area contributed by atoms with Gasteiger partial charge in [0.15, 0.2) is 0 Å². The molecule has 100 valence electrons.